The fraction of sp³-hybridized carbons (Fsp3) is 0.200. The SMILES string of the molecule is Cc1ccc(C)c(NC(=O)NCC(c2cccnc2)c2cn(C)c3ccccc23)c1. The Labute approximate surface area is 176 Å². The summed E-state index contributed by atoms with van der Waals surface area (Å²) >= 11 is 0. The number of carbonyl (C=O) groups excluding carboxylic acids is 1. The highest BCUT2D eigenvalue weighted by Crippen LogP contribution is 2.31. The van der Waals surface area contributed by atoms with Crippen LogP contribution in [0.3, 0.4) is 0 Å². The van der Waals surface area contributed by atoms with Gasteiger partial charge >= 0.3 is 6.03 Å². The number of hydrogen-bond donors (Lipinski definition) is 2. The fourth-order valence-electron chi connectivity index (χ4n) is 3.87. The summed E-state index contributed by atoms with van der Waals surface area (Å²) in [6.45, 7) is 4.47. The van der Waals surface area contributed by atoms with Gasteiger partial charge in [0, 0.05) is 54.7 Å². The lowest BCUT2D eigenvalue weighted by atomic mass is 9.92. The first-order chi connectivity index (χ1) is 14.5. The molecule has 0 fully saturated rings. The molecule has 0 aliphatic carbocycles. The molecule has 2 aromatic carbocycles. The zero-order valence-corrected chi connectivity index (χ0v) is 17.5. The van der Waals surface area contributed by atoms with Crippen molar-refractivity contribution in [2.24, 2.45) is 7.05 Å². The lowest BCUT2D eigenvalue weighted by Gasteiger charge is -2.18. The van der Waals surface area contributed by atoms with Crippen molar-refractivity contribution < 1.29 is 4.79 Å². The van der Waals surface area contributed by atoms with E-state index in [9.17, 15) is 4.79 Å². The molecule has 0 aliphatic heterocycles. The van der Waals surface area contributed by atoms with E-state index in [0.29, 0.717) is 6.54 Å². The summed E-state index contributed by atoms with van der Waals surface area (Å²) in [4.78, 5) is 17.0. The van der Waals surface area contributed by atoms with E-state index in [1.165, 1.54) is 16.5 Å². The fourth-order valence-corrected chi connectivity index (χ4v) is 3.87. The van der Waals surface area contributed by atoms with E-state index in [1.807, 2.05) is 63.5 Å². The van der Waals surface area contributed by atoms with E-state index in [-0.39, 0.29) is 11.9 Å². The minimum absolute atomic E-state index is 0.00541. The van der Waals surface area contributed by atoms with Gasteiger partial charge in [0.25, 0.3) is 0 Å². The van der Waals surface area contributed by atoms with Gasteiger partial charge in [-0.05, 0) is 54.3 Å². The minimum Gasteiger partial charge on any atom is -0.350 e. The van der Waals surface area contributed by atoms with Crippen LogP contribution >= 0.6 is 0 Å². The molecule has 152 valence electrons. The highest BCUT2D eigenvalue weighted by molar-refractivity contribution is 5.90. The van der Waals surface area contributed by atoms with Crippen molar-refractivity contribution in [3.63, 3.8) is 0 Å². The first-order valence-corrected chi connectivity index (χ1v) is 10.1. The Balaban J connectivity index is 1.60. The third-order valence-electron chi connectivity index (χ3n) is 5.50. The number of para-hydroxylation sites is 1. The number of hydrogen-bond acceptors (Lipinski definition) is 2. The van der Waals surface area contributed by atoms with Gasteiger partial charge in [-0.2, -0.15) is 0 Å². The van der Waals surface area contributed by atoms with Gasteiger partial charge < -0.3 is 15.2 Å². The molecule has 0 radical (unpaired) electrons. The van der Waals surface area contributed by atoms with Crippen LogP contribution in [0.5, 0.6) is 0 Å². The van der Waals surface area contributed by atoms with Gasteiger partial charge in [0.2, 0.25) is 0 Å². The molecule has 1 unspecified atom stereocenters. The molecule has 0 aliphatic rings. The van der Waals surface area contributed by atoms with Crippen LogP contribution in [0.4, 0.5) is 10.5 Å². The number of urea groups is 1. The number of nitrogens with one attached hydrogen (secondary N) is 2. The second kappa shape index (κ2) is 8.41. The lowest BCUT2D eigenvalue weighted by Crippen LogP contribution is -2.33. The van der Waals surface area contributed by atoms with Gasteiger partial charge in [-0.3, -0.25) is 4.98 Å². The van der Waals surface area contributed by atoms with Crippen molar-refractivity contribution in [3.8, 4) is 0 Å². The van der Waals surface area contributed by atoms with Crippen molar-refractivity contribution in [1.29, 1.82) is 0 Å². The van der Waals surface area contributed by atoms with E-state index in [4.69, 9.17) is 0 Å². The Morgan fingerprint density at radius 2 is 1.93 bits per heavy atom. The van der Waals surface area contributed by atoms with Crippen molar-refractivity contribution >= 4 is 22.6 Å². The number of aromatic nitrogens is 2. The molecule has 2 amide bonds. The number of amides is 2. The van der Waals surface area contributed by atoms with Crippen LogP contribution in [0.15, 0.2) is 73.2 Å². The summed E-state index contributed by atoms with van der Waals surface area (Å²) in [6, 6.07) is 18.2. The molecular weight excluding hydrogens is 372 g/mol. The highest BCUT2D eigenvalue weighted by atomic mass is 16.2. The summed E-state index contributed by atoms with van der Waals surface area (Å²) in [5.41, 5.74) is 6.39. The van der Waals surface area contributed by atoms with E-state index >= 15 is 0 Å². The predicted molar refractivity (Wildman–Crippen MR) is 122 cm³/mol. The van der Waals surface area contributed by atoms with Crippen molar-refractivity contribution in [2.75, 3.05) is 11.9 Å². The maximum atomic E-state index is 12.7. The Hall–Kier alpha value is -3.60. The Bertz CT molecular complexity index is 1180. The second-order valence-electron chi connectivity index (χ2n) is 7.70. The van der Waals surface area contributed by atoms with Crippen LogP contribution in [-0.2, 0) is 7.05 Å². The van der Waals surface area contributed by atoms with Crippen LogP contribution in [0.1, 0.15) is 28.2 Å². The van der Waals surface area contributed by atoms with Crippen LogP contribution in [0.2, 0.25) is 0 Å². The van der Waals surface area contributed by atoms with Crippen LogP contribution < -0.4 is 10.6 Å². The van der Waals surface area contributed by atoms with Crippen molar-refractivity contribution in [3.05, 3.63) is 95.4 Å². The van der Waals surface area contributed by atoms with Crippen molar-refractivity contribution in [1.82, 2.24) is 14.9 Å². The quantitative estimate of drug-likeness (QED) is 0.489. The summed E-state index contributed by atoms with van der Waals surface area (Å²) in [7, 11) is 2.05. The molecule has 2 N–H and O–H groups in total. The molecule has 0 spiro atoms. The molecule has 0 saturated carbocycles. The Morgan fingerprint density at radius 3 is 2.73 bits per heavy atom. The third-order valence-corrected chi connectivity index (χ3v) is 5.50. The largest absolute Gasteiger partial charge is 0.350 e. The van der Waals surface area contributed by atoms with Crippen LogP contribution in [0, 0.1) is 13.8 Å². The summed E-state index contributed by atoms with van der Waals surface area (Å²) in [6.07, 6.45) is 5.79. The molecule has 2 aromatic heterocycles. The molecule has 4 rings (SSSR count). The van der Waals surface area contributed by atoms with Gasteiger partial charge in [-0.25, -0.2) is 4.79 Å². The smallest absolute Gasteiger partial charge is 0.319 e. The number of pyridine rings is 1. The number of carbonyl (C=O) groups is 1. The number of nitrogens with zero attached hydrogens (tertiary/aromatic N) is 2. The van der Waals surface area contributed by atoms with E-state index in [0.717, 1.165) is 22.4 Å². The average Bonchev–Trinajstić information content (AvgIpc) is 3.08. The molecule has 5 nitrogen and oxygen atoms in total. The first-order valence-electron chi connectivity index (χ1n) is 10.1. The van der Waals surface area contributed by atoms with Gasteiger partial charge in [-0.15, -0.1) is 0 Å². The number of aryl methyl sites for hydroxylation is 3. The molecule has 2 heterocycles. The van der Waals surface area contributed by atoms with E-state index in [2.05, 4.69) is 44.6 Å². The summed E-state index contributed by atoms with van der Waals surface area (Å²) in [5.74, 6) is -0.00541. The van der Waals surface area contributed by atoms with Crippen LogP contribution in [0.25, 0.3) is 10.9 Å². The number of rotatable bonds is 5. The third kappa shape index (κ3) is 4.06. The lowest BCUT2D eigenvalue weighted by molar-refractivity contribution is 0.252. The highest BCUT2D eigenvalue weighted by Gasteiger charge is 2.20. The maximum Gasteiger partial charge on any atom is 0.319 e. The van der Waals surface area contributed by atoms with E-state index in [1.54, 1.807) is 6.20 Å². The van der Waals surface area contributed by atoms with E-state index < -0.39 is 0 Å². The predicted octanol–water partition coefficient (Wildman–Crippen LogP) is 5.14. The zero-order valence-electron chi connectivity index (χ0n) is 17.5. The first kappa shape index (κ1) is 19.7. The van der Waals surface area contributed by atoms with Crippen molar-refractivity contribution in [2.45, 2.75) is 19.8 Å². The molecule has 4 aromatic rings. The van der Waals surface area contributed by atoms with Gasteiger partial charge in [0.1, 0.15) is 0 Å². The molecule has 0 bridgehead atoms. The zero-order chi connectivity index (χ0) is 21.1. The van der Waals surface area contributed by atoms with Gasteiger partial charge in [0.15, 0.2) is 0 Å². The monoisotopic (exact) mass is 398 g/mol. The number of benzene rings is 2. The Morgan fingerprint density at radius 1 is 1.10 bits per heavy atom. The standard InChI is InChI=1S/C25H26N4O/c1-17-10-11-18(2)23(13-17)28-25(30)27-15-21(19-7-6-12-26-14-19)22-16-29(3)24-9-5-4-8-20(22)24/h4-14,16,21H,15H2,1-3H3,(H2,27,28,30). The summed E-state index contributed by atoms with van der Waals surface area (Å²) < 4.78 is 2.13. The Kier molecular flexibility index (Phi) is 5.53. The average molecular weight is 399 g/mol. The number of fused-ring (bicyclic) bond motifs is 1. The minimum atomic E-state index is -0.210. The summed E-state index contributed by atoms with van der Waals surface area (Å²) in [5, 5.41) is 7.23. The molecule has 30 heavy (non-hydrogen) atoms. The number of anilines is 1. The topological polar surface area (TPSA) is 59.0 Å². The second-order valence-corrected chi connectivity index (χ2v) is 7.70. The molecular formula is C25H26N4O. The van der Waals surface area contributed by atoms with Gasteiger partial charge in [0.05, 0.1) is 0 Å². The normalized spacial score (nSPS) is 12.0. The van der Waals surface area contributed by atoms with Gasteiger partial charge in [-0.1, -0.05) is 36.4 Å². The molecule has 0 saturated heterocycles. The maximum absolute atomic E-state index is 12.7. The van der Waals surface area contributed by atoms with Crippen LogP contribution in [-0.4, -0.2) is 22.1 Å². The molecule has 5 heteroatoms. The molecule has 1 atom stereocenters.